The van der Waals surface area contributed by atoms with Crippen LogP contribution in [0.2, 0.25) is 5.02 Å². The number of likely N-dealkylation sites (tertiary alicyclic amines) is 1. The van der Waals surface area contributed by atoms with Crippen LogP contribution in [-0.4, -0.2) is 40.2 Å². The molecule has 0 spiro atoms. The number of carboxylic acids is 1. The Balaban J connectivity index is 1.72. The number of benzene rings is 1. The topological polar surface area (TPSA) is 57.6 Å². The Bertz CT molecular complexity index is 506. The number of nitrogens with zero attached hydrogens (tertiary/aromatic N) is 1. The van der Waals surface area contributed by atoms with Crippen LogP contribution in [0.25, 0.3) is 0 Å². The summed E-state index contributed by atoms with van der Waals surface area (Å²) in [6.07, 6.45) is 2.50. The van der Waals surface area contributed by atoms with Crippen molar-refractivity contribution in [2.75, 3.05) is 12.3 Å². The van der Waals surface area contributed by atoms with Crippen LogP contribution in [0.1, 0.15) is 25.7 Å². The largest absolute Gasteiger partial charge is 0.480 e. The van der Waals surface area contributed by atoms with Gasteiger partial charge in [-0.1, -0.05) is 11.6 Å². The van der Waals surface area contributed by atoms with Crippen LogP contribution < -0.4 is 0 Å². The van der Waals surface area contributed by atoms with Crippen LogP contribution in [0.3, 0.4) is 0 Å². The van der Waals surface area contributed by atoms with E-state index in [0.717, 1.165) is 23.5 Å². The first-order valence-corrected chi connectivity index (χ1v) is 8.35. The van der Waals surface area contributed by atoms with Crippen molar-refractivity contribution in [3.63, 3.8) is 0 Å². The van der Waals surface area contributed by atoms with Gasteiger partial charge >= 0.3 is 5.97 Å². The number of carbonyl (C=O) groups is 2. The van der Waals surface area contributed by atoms with Gasteiger partial charge in [-0.05, 0) is 49.3 Å². The van der Waals surface area contributed by atoms with Gasteiger partial charge in [-0.2, -0.15) is 0 Å². The standard InChI is InChI=1S/C15H18ClNO3S/c16-11-5-7-12(8-6-11)21-10-2-4-14(18)17-9-1-3-13(17)15(19)20/h5-8,13H,1-4,9-10H2,(H,19,20)/t13-/m0/s1. The highest BCUT2D eigenvalue weighted by Crippen LogP contribution is 2.23. The summed E-state index contributed by atoms with van der Waals surface area (Å²) < 4.78 is 0. The van der Waals surface area contributed by atoms with E-state index in [4.69, 9.17) is 16.7 Å². The summed E-state index contributed by atoms with van der Waals surface area (Å²) in [5.74, 6) is -0.105. The minimum Gasteiger partial charge on any atom is -0.480 e. The third-order valence-electron chi connectivity index (χ3n) is 3.48. The molecule has 0 aromatic heterocycles. The van der Waals surface area contributed by atoms with Crippen molar-refractivity contribution >= 4 is 35.2 Å². The molecule has 0 bridgehead atoms. The molecule has 1 amide bonds. The molecular weight excluding hydrogens is 310 g/mol. The zero-order valence-corrected chi connectivity index (χ0v) is 13.2. The van der Waals surface area contributed by atoms with E-state index in [1.165, 1.54) is 4.90 Å². The van der Waals surface area contributed by atoms with E-state index in [2.05, 4.69) is 0 Å². The summed E-state index contributed by atoms with van der Waals surface area (Å²) >= 11 is 7.49. The van der Waals surface area contributed by atoms with Crippen LogP contribution in [0.15, 0.2) is 29.2 Å². The molecule has 2 rings (SSSR count). The molecule has 1 aromatic carbocycles. The summed E-state index contributed by atoms with van der Waals surface area (Å²) in [4.78, 5) is 25.7. The predicted molar refractivity (Wildman–Crippen MR) is 83.8 cm³/mol. The molecule has 1 aliphatic rings. The normalized spacial score (nSPS) is 18.0. The van der Waals surface area contributed by atoms with Gasteiger partial charge in [0.05, 0.1) is 0 Å². The number of halogens is 1. The Kier molecular flexibility index (Phi) is 5.94. The van der Waals surface area contributed by atoms with Crippen LogP contribution in [-0.2, 0) is 9.59 Å². The van der Waals surface area contributed by atoms with Gasteiger partial charge in [-0.15, -0.1) is 11.8 Å². The van der Waals surface area contributed by atoms with Gasteiger partial charge in [0.2, 0.25) is 5.91 Å². The highest BCUT2D eigenvalue weighted by atomic mass is 35.5. The van der Waals surface area contributed by atoms with Crippen molar-refractivity contribution in [3.8, 4) is 0 Å². The lowest BCUT2D eigenvalue weighted by Crippen LogP contribution is -2.40. The predicted octanol–water partition coefficient (Wildman–Crippen LogP) is 3.29. The van der Waals surface area contributed by atoms with Crippen molar-refractivity contribution < 1.29 is 14.7 Å². The number of carbonyl (C=O) groups excluding carboxylic acids is 1. The second kappa shape index (κ2) is 7.71. The molecule has 1 N–H and O–H groups in total. The Hall–Kier alpha value is -1.20. The van der Waals surface area contributed by atoms with Gasteiger partial charge in [0.15, 0.2) is 0 Å². The zero-order valence-electron chi connectivity index (χ0n) is 11.6. The van der Waals surface area contributed by atoms with Crippen LogP contribution >= 0.6 is 23.4 Å². The monoisotopic (exact) mass is 327 g/mol. The van der Waals surface area contributed by atoms with E-state index >= 15 is 0 Å². The van der Waals surface area contributed by atoms with Crippen molar-refractivity contribution in [2.45, 2.75) is 36.6 Å². The maximum Gasteiger partial charge on any atom is 0.326 e. The number of thioether (sulfide) groups is 1. The molecule has 1 aliphatic heterocycles. The SMILES string of the molecule is O=C(O)[C@@H]1CCCN1C(=O)CCCSc1ccc(Cl)cc1. The lowest BCUT2D eigenvalue weighted by atomic mass is 10.2. The Morgan fingerprint density at radius 1 is 1.33 bits per heavy atom. The quantitative estimate of drug-likeness (QED) is 0.643. The molecule has 1 atom stereocenters. The molecule has 1 heterocycles. The molecule has 1 fully saturated rings. The number of aliphatic carboxylic acids is 1. The van der Waals surface area contributed by atoms with Crippen molar-refractivity contribution in [3.05, 3.63) is 29.3 Å². The smallest absolute Gasteiger partial charge is 0.326 e. The maximum absolute atomic E-state index is 12.1. The van der Waals surface area contributed by atoms with Crippen LogP contribution in [0, 0.1) is 0 Å². The van der Waals surface area contributed by atoms with Gasteiger partial charge in [-0.25, -0.2) is 4.79 Å². The first-order chi connectivity index (χ1) is 10.1. The summed E-state index contributed by atoms with van der Waals surface area (Å²) in [7, 11) is 0. The Labute approximate surface area is 133 Å². The molecule has 0 aliphatic carbocycles. The number of amides is 1. The first-order valence-electron chi connectivity index (χ1n) is 6.98. The number of rotatable bonds is 6. The fourth-order valence-electron chi connectivity index (χ4n) is 2.41. The number of hydrogen-bond acceptors (Lipinski definition) is 3. The number of hydrogen-bond donors (Lipinski definition) is 1. The minimum absolute atomic E-state index is 0.0448. The summed E-state index contributed by atoms with van der Waals surface area (Å²) in [6.45, 7) is 0.570. The van der Waals surface area contributed by atoms with E-state index in [1.807, 2.05) is 24.3 Å². The van der Waals surface area contributed by atoms with E-state index < -0.39 is 12.0 Å². The van der Waals surface area contributed by atoms with Gasteiger partial charge in [0.25, 0.3) is 0 Å². The second-order valence-electron chi connectivity index (χ2n) is 4.99. The van der Waals surface area contributed by atoms with Crippen LogP contribution in [0.5, 0.6) is 0 Å². The van der Waals surface area contributed by atoms with Crippen molar-refractivity contribution in [2.24, 2.45) is 0 Å². The average molecular weight is 328 g/mol. The van der Waals surface area contributed by atoms with Gasteiger partial charge in [-0.3, -0.25) is 4.79 Å². The molecule has 0 unspecified atom stereocenters. The highest BCUT2D eigenvalue weighted by molar-refractivity contribution is 7.99. The molecule has 0 radical (unpaired) electrons. The fourth-order valence-corrected chi connectivity index (χ4v) is 3.39. The molecule has 0 saturated carbocycles. The minimum atomic E-state index is -0.892. The maximum atomic E-state index is 12.1. The summed E-state index contributed by atoms with van der Waals surface area (Å²) in [5, 5.41) is 9.78. The zero-order chi connectivity index (χ0) is 15.2. The third-order valence-corrected chi connectivity index (χ3v) is 4.83. The molecule has 4 nitrogen and oxygen atoms in total. The van der Waals surface area contributed by atoms with Crippen molar-refractivity contribution in [1.82, 2.24) is 4.90 Å². The first kappa shape index (κ1) is 16.2. The summed E-state index contributed by atoms with van der Waals surface area (Å²) in [6, 6.07) is 6.97. The molecule has 1 aromatic rings. The third kappa shape index (κ3) is 4.64. The van der Waals surface area contributed by atoms with Crippen LogP contribution in [0.4, 0.5) is 0 Å². The Morgan fingerprint density at radius 2 is 2.05 bits per heavy atom. The molecular formula is C15H18ClNO3S. The Morgan fingerprint density at radius 3 is 2.71 bits per heavy atom. The van der Waals surface area contributed by atoms with Gasteiger partial charge in [0.1, 0.15) is 6.04 Å². The molecule has 1 saturated heterocycles. The lowest BCUT2D eigenvalue weighted by molar-refractivity contribution is -0.148. The highest BCUT2D eigenvalue weighted by Gasteiger charge is 2.33. The van der Waals surface area contributed by atoms with Gasteiger partial charge in [0, 0.05) is 22.9 Å². The second-order valence-corrected chi connectivity index (χ2v) is 6.59. The van der Waals surface area contributed by atoms with E-state index in [-0.39, 0.29) is 5.91 Å². The molecule has 6 heteroatoms. The fraction of sp³-hybridized carbons (Fsp3) is 0.467. The van der Waals surface area contributed by atoms with E-state index in [0.29, 0.717) is 24.4 Å². The summed E-state index contributed by atoms with van der Waals surface area (Å²) in [5.41, 5.74) is 0. The molecule has 21 heavy (non-hydrogen) atoms. The molecule has 114 valence electrons. The van der Waals surface area contributed by atoms with Crippen molar-refractivity contribution in [1.29, 1.82) is 0 Å². The van der Waals surface area contributed by atoms with Gasteiger partial charge < -0.3 is 10.0 Å². The average Bonchev–Trinajstić information content (AvgIpc) is 2.95. The number of carboxylic acid groups (broad SMARTS) is 1. The van der Waals surface area contributed by atoms with E-state index in [9.17, 15) is 9.59 Å². The van der Waals surface area contributed by atoms with E-state index in [1.54, 1.807) is 11.8 Å². The lowest BCUT2D eigenvalue weighted by Gasteiger charge is -2.21.